The maximum Gasteiger partial charge on any atom is 0.323 e. The number of rotatable bonds is 7. The van der Waals surface area contributed by atoms with Gasteiger partial charge in [0.05, 0.1) is 6.33 Å². The van der Waals surface area contributed by atoms with Gasteiger partial charge in [-0.15, -0.1) is 0 Å². The monoisotopic (exact) mass is 453 g/mol. The van der Waals surface area contributed by atoms with Gasteiger partial charge in [0.2, 0.25) is 0 Å². The van der Waals surface area contributed by atoms with Crippen LogP contribution in [0.15, 0.2) is 104 Å². The van der Waals surface area contributed by atoms with Gasteiger partial charge in [0.1, 0.15) is 17.2 Å². The molecular formula is C29H31N3O2. The van der Waals surface area contributed by atoms with Gasteiger partial charge in [-0.2, -0.15) is 0 Å². The number of nitrogens with zero attached hydrogens (tertiary/aromatic N) is 2. The van der Waals surface area contributed by atoms with Crippen LogP contribution in [0, 0.1) is 0 Å². The second-order valence-corrected chi connectivity index (χ2v) is 9.41. The molecule has 1 unspecified atom stereocenters. The molecule has 0 radical (unpaired) electrons. The van der Waals surface area contributed by atoms with Crippen LogP contribution < -0.4 is 5.73 Å². The predicted molar refractivity (Wildman–Crippen MR) is 134 cm³/mol. The van der Waals surface area contributed by atoms with E-state index in [2.05, 4.69) is 45.9 Å². The van der Waals surface area contributed by atoms with E-state index in [9.17, 15) is 4.79 Å². The number of esters is 1. The number of ether oxygens (including phenoxy) is 1. The molecule has 2 N–H and O–H groups in total. The first kappa shape index (κ1) is 23.5. The number of imidazole rings is 1. The van der Waals surface area contributed by atoms with Crippen molar-refractivity contribution < 1.29 is 9.53 Å². The predicted octanol–water partition coefficient (Wildman–Crippen LogP) is 4.93. The topological polar surface area (TPSA) is 70.1 Å². The van der Waals surface area contributed by atoms with Crippen molar-refractivity contribution >= 4 is 5.97 Å². The van der Waals surface area contributed by atoms with E-state index < -0.39 is 23.2 Å². The first-order valence-corrected chi connectivity index (χ1v) is 11.5. The molecule has 1 atom stereocenters. The molecule has 5 nitrogen and oxygen atoms in total. The van der Waals surface area contributed by atoms with Crippen LogP contribution in [0.25, 0.3) is 0 Å². The summed E-state index contributed by atoms with van der Waals surface area (Å²) in [6.45, 7) is 5.52. The molecule has 1 heterocycles. The molecule has 4 aromatic rings. The van der Waals surface area contributed by atoms with E-state index in [0.29, 0.717) is 6.42 Å². The number of carbonyl (C=O) groups is 1. The summed E-state index contributed by atoms with van der Waals surface area (Å²) >= 11 is 0. The van der Waals surface area contributed by atoms with Crippen LogP contribution in [-0.2, 0) is 21.5 Å². The van der Waals surface area contributed by atoms with Gasteiger partial charge in [-0.05, 0) is 37.5 Å². The van der Waals surface area contributed by atoms with Gasteiger partial charge in [0.15, 0.2) is 0 Å². The molecule has 34 heavy (non-hydrogen) atoms. The average Bonchev–Trinajstić information content (AvgIpc) is 3.29. The van der Waals surface area contributed by atoms with Crippen LogP contribution in [0.5, 0.6) is 0 Å². The van der Waals surface area contributed by atoms with Gasteiger partial charge in [0, 0.05) is 18.3 Å². The van der Waals surface area contributed by atoms with Crippen molar-refractivity contribution in [1.29, 1.82) is 0 Å². The second-order valence-electron chi connectivity index (χ2n) is 9.41. The lowest BCUT2D eigenvalue weighted by molar-refractivity contribution is -0.156. The molecule has 0 spiro atoms. The van der Waals surface area contributed by atoms with Crippen molar-refractivity contribution in [2.24, 2.45) is 5.73 Å². The summed E-state index contributed by atoms with van der Waals surface area (Å²) in [6, 6.07) is 30.2. The molecule has 0 fully saturated rings. The third kappa shape index (κ3) is 4.66. The fourth-order valence-electron chi connectivity index (χ4n) is 4.42. The molecule has 0 aliphatic carbocycles. The third-order valence-corrected chi connectivity index (χ3v) is 5.79. The highest BCUT2D eigenvalue weighted by Gasteiger charge is 2.40. The van der Waals surface area contributed by atoms with Crippen molar-refractivity contribution in [3.8, 4) is 0 Å². The molecule has 3 aromatic carbocycles. The normalized spacial score (nSPS) is 12.8. The van der Waals surface area contributed by atoms with E-state index in [-0.39, 0.29) is 0 Å². The Balaban J connectivity index is 1.91. The Hall–Kier alpha value is -3.70. The Kier molecular flexibility index (Phi) is 6.66. The molecule has 0 aliphatic rings. The van der Waals surface area contributed by atoms with Crippen molar-refractivity contribution in [2.45, 2.75) is 44.4 Å². The van der Waals surface area contributed by atoms with Crippen molar-refractivity contribution in [3.63, 3.8) is 0 Å². The lowest BCUT2D eigenvalue weighted by Crippen LogP contribution is -2.42. The number of carbonyl (C=O) groups excluding carboxylic acids is 1. The van der Waals surface area contributed by atoms with Crippen LogP contribution in [0.1, 0.15) is 43.2 Å². The maximum absolute atomic E-state index is 12.7. The average molecular weight is 454 g/mol. The minimum atomic E-state index is -0.810. The number of nitrogens with two attached hydrogens (primary N) is 1. The van der Waals surface area contributed by atoms with E-state index in [1.807, 2.05) is 81.7 Å². The number of aromatic nitrogens is 2. The Labute approximate surface area is 201 Å². The summed E-state index contributed by atoms with van der Waals surface area (Å²) in [5.74, 6) is -0.426. The number of hydrogen-bond donors (Lipinski definition) is 1. The van der Waals surface area contributed by atoms with E-state index in [0.717, 1.165) is 22.4 Å². The molecule has 5 heteroatoms. The standard InChI is InChI=1S/C29H31N3O2/c1-28(2,3)34-27(33)26(30)19-25-20-31-21-32(25)29(22-13-7-4-8-14-22,23-15-9-5-10-16-23)24-17-11-6-12-18-24/h4-18,20-21,26H,19,30H2,1-3H3. The molecule has 0 aliphatic heterocycles. The third-order valence-electron chi connectivity index (χ3n) is 5.79. The highest BCUT2D eigenvalue weighted by Crippen LogP contribution is 2.41. The van der Waals surface area contributed by atoms with Gasteiger partial charge in [-0.1, -0.05) is 91.0 Å². The SMILES string of the molecule is CC(C)(C)OC(=O)C(N)Cc1cncn1C(c1ccccc1)(c1ccccc1)c1ccccc1. The molecule has 0 amide bonds. The highest BCUT2D eigenvalue weighted by atomic mass is 16.6. The first-order valence-electron chi connectivity index (χ1n) is 11.5. The molecule has 0 saturated carbocycles. The minimum Gasteiger partial charge on any atom is -0.459 e. The van der Waals surface area contributed by atoms with E-state index in [4.69, 9.17) is 10.5 Å². The van der Waals surface area contributed by atoms with E-state index in [1.54, 1.807) is 6.20 Å². The van der Waals surface area contributed by atoms with Gasteiger partial charge in [0.25, 0.3) is 0 Å². The molecular weight excluding hydrogens is 422 g/mol. The van der Waals surface area contributed by atoms with Crippen LogP contribution in [0.3, 0.4) is 0 Å². The van der Waals surface area contributed by atoms with E-state index >= 15 is 0 Å². The zero-order valence-corrected chi connectivity index (χ0v) is 19.9. The van der Waals surface area contributed by atoms with Gasteiger partial charge in [-0.25, -0.2) is 4.98 Å². The smallest absolute Gasteiger partial charge is 0.323 e. The van der Waals surface area contributed by atoms with Crippen LogP contribution in [0.4, 0.5) is 0 Å². The fourth-order valence-corrected chi connectivity index (χ4v) is 4.42. The summed E-state index contributed by atoms with van der Waals surface area (Å²) < 4.78 is 7.67. The number of hydrogen-bond acceptors (Lipinski definition) is 4. The summed E-state index contributed by atoms with van der Waals surface area (Å²) in [4.78, 5) is 17.2. The summed E-state index contributed by atoms with van der Waals surface area (Å²) in [5, 5.41) is 0. The Bertz CT molecular complexity index is 1120. The first-order chi connectivity index (χ1) is 16.3. The summed E-state index contributed by atoms with van der Waals surface area (Å²) in [5.41, 5.74) is 9.11. The second kappa shape index (κ2) is 9.65. The van der Waals surface area contributed by atoms with Gasteiger partial charge in [-0.3, -0.25) is 4.79 Å². The van der Waals surface area contributed by atoms with Crippen LogP contribution >= 0.6 is 0 Å². The quantitative estimate of drug-likeness (QED) is 0.318. The molecule has 0 saturated heterocycles. The Morgan fingerprint density at radius 2 is 1.29 bits per heavy atom. The Morgan fingerprint density at radius 1 is 0.853 bits per heavy atom. The molecule has 174 valence electrons. The van der Waals surface area contributed by atoms with Crippen molar-refractivity contribution in [3.05, 3.63) is 126 Å². The van der Waals surface area contributed by atoms with Crippen molar-refractivity contribution in [2.75, 3.05) is 0 Å². The largest absolute Gasteiger partial charge is 0.459 e. The molecule has 1 aromatic heterocycles. The van der Waals surface area contributed by atoms with Crippen LogP contribution in [0.2, 0.25) is 0 Å². The van der Waals surface area contributed by atoms with Crippen LogP contribution in [-0.4, -0.2) is 27.2 Å². The van der Waals surface area contributed by atoms with E-state index in [1.165, 1.54) is 0 Å². The zero-order chi connectivity index (χ0) is 24.2. The maximum atomic E-state index is 12.7. The lowest BCUT2D eigenvalue weighted by Gasteiger charge is -2.39. The minimum absolute atomic E-state index is 0.295. The highest BCUT2D eigenvalue weighted by molar-refractivity contribution is 5.76. The van der Waals surface area contributed by atoms with Crippen molar-refractivity contribution in [1.82, 2.24) is 9.55 Å². The van der Waals surface area contributed by atoms with Gasteiger partial charge >= 0.3 is 5.97 Å². The molecule has 4 rings (SSSR count). The van der Waals surface area contributed by atoms with Gasteiger partial charge < -0.3 is 15.0 Å². The summed E-state index contributed by atoms with van der Waals surface area (Å²) in [6.07, 6.45) is 3.90. The summed E-state index contributed by atoms with van der Waals surface area (Å²) in [7, 11) is 0. The number of benzene rings is 3. The lowest BCUT2D eigenvalue weighted by atomic mass is 9.76. The molecule has 0 bridgehead atoms. The zero-order valence-electron chi connectivity index (χ0n) is 19.9. The Morgan fingerprint density at radius 3 is 1.71 bits per heavy atom. The fraction of sp³-hybridized carbons (Fsp3) is 0.241.